The minimum atomic E-state index is -0.565. The van der Waals surface area contributed by atoms with E-state index in [-0.39, 0.29) is 12.4 Å². The maximum Gasteiger partial charge on any atom is 0.407 e. The molecule has 0 unspecified atom stereocenters. The quantitative estimate of drug-likeness (QED) is 0.863. The summed E-state index contributed by atoms with van der Waals surface area (Å²) in [5.74, 6) is -0.330. The third kappa shape index (κ3) is 1.84. The first-order valence-corrected chi connectivity index (χ1v) is 5.42. The summed E-state index contributed by atoms with van der Waals surface area (Å²) in [7, 11) is 1.46. The Kier molecular flexibility index (Phi) is 3.00. The molecule has 6 heteroatoms. The van der Waals surface area contributed by atoms with Crippen molar-refractivity contribution in [3.63, 3.8) is 0 Å². The maximum atomic E-state index is 13.6. The Labute approximate surface area is 99.9 Å². The lowest BCUT2D eigenvalue weighted by atomic mass is 10.1. The summed E-state index contributed by atoms with van der Waals surface area (Å²) in [6.45, 7) is 0.135. The summed E-state index contributed by atoms with van der Waals surface area (Å²) >= 11 is 3.06. The standard InChI is InChI=1S/C10H9BrFNO3/c1-13-10(14)16-7-4-15-9-5(7)2-3-6(11)8(9)12/h2-3,7H,4H2,1H3,(H,13,14)/t7-/m1/s1. The molecule has 86 valence electrons. The molecule has 1 aromatic rings. The molecular formula is C10H9BrFNO3. The van der Waals surface area contributed by atoms with Crippen LogP contribution in [0.4, 0.5) is 9.18 Å². The number of hydrogen-bond acceptors (Lipinski definition) is 3. The number of halogens is 2. The van der Waals surface area contributed by atoms with Crippen molar-refractivity contribution < 1.29 is 18.7 Å². The molecule has 0 aromatic heterocycles. The van der Waals surface area contributed by atoms with Crippen molar-refractivity contribution in [1.29, 1.82) is 0 Å². The molecule has 0 bridgehead atoms. The van der Waals surface area contributed by atoms with Crippen molar-refractivity contribution >= 4 is 22.0 Å². The normalized spacial score (nSPS) is 17.6. The lowest BCUT2D eigenvalue weighted by Crippen LogP contribution is -2.22. The molecule has 1 aromatic carbocycles. The fourth-order valence-electron chi connectivity index (χ4n) is 1.48. The largest absolute Gasteiger partial charge is 0.486 e. The van der Waals surface area contributed by atoms with Gasteiger partial charge in [-0.1, -0.05) is 6.07 Å². The summed E-state index contributed by atoms with van der Waals surface area (Å²) < 4.78 is 24.1. The van der Waals surface area contributed by atoms with E-state index in [1.165, 1.54) is 7.05 Å². The molecule has 1 heterocycles. The van der Waals surface area contributed by atoms with Gasteiger partial charge < -0.3 is 14.8 Å². The Hall–Kier alpha value is -1.30. The van der Waals surface area contributed by atoms with E-state index in [4.69, 9.17) is 9.47 Å². The molecule has 16 heavy (non-hydrogen) atoms. The Morgan fingerprint density at radius 3 is 3.12 bits per heavy atom. The molecule has 1 amide bonds. The summed E-state index contributed by atoms with van der Waals surface area (Å²) in [5, 5.41) is 2.33. The van der Waals surface area contributed by atoms with Gasteiger partial charge in [-0.3, -0.25) is 0 Å². The third-order valence-electron chi connectivity index (χ3n) is 2.26. The van der Waals surface area contributed by atoms with E-state index >= 15 is 0 Å². The summed E-state index contributed by atoms with van der Waals surface area (Å²) in [6, 6.07) is 3.23. The smallest absolute Gasteiger partial charge is 0.407 e. The molecule has 2 rings (SSSR count). The molecule has 1 atom stereocenters. The zero-order valence-electron chi connectivity index (χ0n) is 8.42. The SMILES string of the molecule is CNC(=O)O[C@@H]1COc2c1ccc(Br)c2F. The molecule has 0 spiro atoms. The molecule has 0 saturated carbocycles. The summed E-state index contributed by atoms with van der Waals surface area (Å²) in [4.78, 5) is 11.0. The minimum Gasteiger partial charge on any atom is -0.486 e. The van der Waals surface area contributed by atoms with Gasteiger partial charge in [-0.05, 0) is 22.0 Å². The van der Waals surface area contributed by atoms with Gasteiger partial charge in [0.25, 0.3) is 0 Å². The summed E-state index contributed by atoms with van der Waals surface area (Å²) in [6.07, 6.45) is -1.12. The van der Waals surface area contributed by atoms with Gasteiger partial charge in [-0.25, -0.2) is 9.18 Å². The molecule has 0 radical (unpaired) electrons. The lowest BCUT2D eigenvalue weighted by molar-refractivity contribution is 0.0842. The van der Waals surface area contributed by atoms with Crippen LogP contribution < -0.4 is 10.1 Å². The van der Waals surface area contributed by atoms with Crippen molar-refractivity contribution in [2.75, 3.05) is 13.7 Å². The van der Waals surface area contributed by atoms with Crippen molar-refractivity contribution in [2.45, 2.75) is 6.10 Å². The number of ether oxygens (including phenoxy) is 2. The zero-order chi connectivity index (χ0) is 11.7. The molecule has 0 aliphatic carbocycles. The van der Waals surface area contributed by atoms with Crippen molar-refractivity contribution in [3.8, 4) is 5.75 Å². The predicted octanol–water partition coefficient (Wildman–Crippen LogP) is 2.38. The van der Waals surface area contributed by atoms with Crippen LogP contribution in [0.25, 0.3) is 0 Å². The molecule has 4 nitrogen and oxygen atoms in total. The molecular weight excluding hydrogens is 281 g/mol. The Morgan fingerprint density at radius 2 is 2.44 bits per heavy atom. The highest BCUT2D eigenvalue weighted by Gasteiger charge is 2.30. The number of nitrogens with one attached hydrogen (secondary N) is 1. The number of fused-ring (bicyclic) bond motifs is 1. The summed E-state index contributed by atoms with van der Waals surface area (Å²) in [5.41, 5.74) is 0.546. The topological polar surface area (TPSA) is 47.6 Å². The first-order chi connectivity index (χ1) is 7.63. The second-order valence-corrected chi connectivity index (χ2v) is 4.09. The second kappa shape index (κ2) is 4.29. The van der Waals surface area contributed by atoms with E-state index in [1.54, 1.807) is 12.1 Å². The minimum absolute atomic E-state index is 0.135. The van der Waals surface area contributed by atoms with Crippen LogP contribution in [0.2, 0.25) is 0 Å². The van der Waals surface area contributed by atoms with Crippen LogP contribution in [0, 0.1) is 5.82 Å². The number of rotatable bonds is 1. The Bertz CT molecular complexity index is 438. The van der Waals surface area contributed by atoms with Gasteiger partial charge in [0.2, 0.25) is 0 Å². The molecule has 1 aliphatic heterocycles. The van der Waals surface area contributed by atoms with Crippen LogP contribution in [0.15, 0.2) is 16.6 Å². The zero-order valence-corrected chi connectivity index (χ0v) is 10.0. The average molecular weight is 290 g/mol. The number of carbonyl (C=O) groups is 1. The van der Waals surface area contributed by atoms with Gasteiger partial charge in [-0.15, -0.1) is 0 Å². The molecule has 1 N–H and O–H groups in total. The van der Waals surface area contributed by atoms with Gasteiger partial charge in [0.1, 0.15) is 6.61 Å². The van der Waals surface area contributed by atoms with Gasteiger partial charge in [0.15, 0.2) is 17.7 Å². The first-order valence-electron chi connectivity index (χ1n) is 4.62. The van der Waals surface area contributed by atoms with E-state index in [0.717, 1.165) is 0 Å². The highest BCUT2D eigenvalue weighted by molar-refractivity contribution is 9.10. The monoisotopic (exact) mass is 289 g/mol. The van der Waals surface area contributed by atoms with E-state index in [1.807, 2.05) is 0 Å². The van der Waals surface area contributed by atoms with E-state index < -0.39 is 18.0 Å². The van der Waals surface area contributed by atoms with E-state index in [9.17, 15) is 9.18 Å². The highest BCUT2D eigenvalue weighted by Crippen LogP contribution is 2.39. The number of alkyl carbamates (subject to hydrolysis) is 1. The van der Waals surface area contributed by atoms with Crippen LogP contribution in [0.3, 0.4) is 0 Å². The van der Waals surface area contributed by atoms with Crippen LogP contribution in [-0.2, 0) is 4.74 Å². The number of hydrogen-bond donors (Lipinski definition) is 1. The van der Waals surface area contributed by atoms with E-state index in [0.29, 0.717) is 10.0 Å². The van der Waals surface area contributed by atoms with Gasteiger partial charge in [0.05, 0.1) is 4.47 Å². The van der Waals surface area contributed by atoms with Crippen LogP contribution in [0.5, 0.6) is 5.75 Å². The van der Waals surface area contributed by atoms with Gasteiger partial charge >= 0.3 is 6.09 Å². The maximum absolute atomic E-state index is 13.6. The van der Waals surface area contributed by atoms with E-state index in [2.05, 4.69) is 21.2 Å². The third-order valence-corrected chi connectivity index (χ3v) is 2.87. The van der Waals surface area contributed by atoms with Gasteiger partial charge in [-0.2, -0.15) is 0 Å². The van der Waals surface area contributed by atoms with Crippen molar-refractivity contribution in [3.05, 3.63) is 28.0 Å². The van der Waals surface area contributed by atoms with Crippen LogP contribution in [-0.4, -0.2) is 19.7 Å². The number of carbonyl (C=O) groups excluding carboxylic acids is 1. The fourth-order valence-corrected chi connectivity index (χ4v) is 1.79. The molecule has 0 saturated heterocycles. The van der Waals surface area contributed by atoms with Crippen molar-refractivity contribution in [1.82, 2.24) is 5.32 Å². The molecule has 1 aliphatic rings. The average Bonchev–Trinajstić information content (AvgIpc) is 2.67. The fraction of sp³-hybridized carbons (Fsp3) is 0.300. The van der Waals surface area contributed by atoms with Crippen molar-refractivity contribution in [2.24, 2.45) is 0 Å². The number of amides is 1. The van der Waals surface area contributed by atoms with Crippen LogP contribution in [0.1, 0.15) is 11.7 Å². The molecule has 0 fully saturated rings. The predicted molar refractivity (Wildman–Crippen MR) is 57.9 cm³/mol. The second-order valence-electron chi connectivity index (χ2n) is 3.23. The Balaban J connectivity index is 2.27. The van der Waals surface area contributed by atoms with Crippen LogP contribution >= 0.6 is 15.9 Å². The number of benzene rings is 1. The first kappa shape index (κ1) is 11.2. The lowest BCUT2D eigenvalue weighted by Gasteiger charge is -2.10. The van der Waals surface area contributed by atoms with Gasteiger partial charge in [0, 0.05) is 12.6 Å². The Morgan fingerprint density at radius 1 is 1.69 bits per heavy atom. The highest BCUT2D eigenvalue weighted by atomic mass is 79.9.